The van der Waals surface area contributed by atoms with Crippen LogP contribution in [0.5, 0.6) is 0 Å². The molecule has 0 fully saturated rings. The largest absolute Gasteiger partial charge is 2.00 e. The summed E-state index contributed by atoms with van der Waals surface area (Å²) < 4.78 is 0. The summed E-state index contributed by atoms with van der Waals surface area (Å²) in [5.74, 6) is 0. The Morgan fingerprint density at radius 1 is 0.485 bits per heavy atom. The van der Waals surface area contributed by atoms with Gasteiger partial charge in [0.25, 0.3) is 0 Å². The molecule has 0 saturated carbocycles. The molecule has 0 saturated heterocycles. The first kappa shape index (κ1) is 23.3. The molecular weight excluding hydrogens is 447 g/mol. The Hall–Kier alpha value is -2.88. The van der Waals surface area contributed by atoms with Gasteiger partial charge in [-0.05, 0) is 72.2 Å². The molecule has 0 N–H and O–H groups in total. The molecule has 5 heterocycles. The van der Waals surface area contributed by atoms with Crippen LogP contribution in [0.15, 0.2) is 24.3 Å². The van der Waals surface area contributed by atoms with Crippen molar-refractivity contribution in [1.29, 1.82) is 0 Å². The van der Waals surface area contributed by atoms with Crippen molar-refractivity contribution in [2.24, 2.45) is 0 Å². The molecule has 4 nitrogen and oxygen atoms in total. The Labute approximate surface area is 205 Å². The number of hydrogen-bond donors (Lipinski definition) is 0. The molecule has 167 valence electrons. The van der Waals surface area contributed by atoms with Crippen molar-refractivity contribution in [3.05, 3.63) is 69.3 Å². The summed E-state index contributed by atoms with van der Waals surface area (Å²) in [5, 5.41) is 0. The van der Waals surface area contributed by atoms with E-state index in [1.807, 2.05) is 0 Å². The summed E-state index contributed by atoms with van der Waals surface area (Å²) in [6.07, 6.45) is 12.0. The maximum absolute atomic E-state index is 5.02. The first-order chi connectivity index (χ1) is 15.7. The third kappa shape index (κ3) is 4.01. The van der Waals surface area contributed by atoms with Crippen LogP contribution in [0.25, 0.3) is 46.4 Å². The molecule has 0 aliphatic carbocycles. The van der Waals surface area contributed by atoms with Crippen LogP contribution < -0.4 is 9.97 Å². The van der Waals surface area contributed by atoms with Crippen molar-refractivity contribution in [1.82, 2.24) is 19.9 Å². The maximum atomic E-state index is 5.02. The van der Waals surface area contributed by atoms with Crippen LogP contribution in [0.2, 0.25) is 0 Å². The van der Waals surface area contributed by atoms with Gasteiger partial charge in [0.05, 0.1) is 22.8 Å². The van der Waals surface area contributed by atoms with Gasteiger partial charge in [0.1, 0.15) is 0 Å². The zero-order valence-corrected chi connectivity index (χ0v) is 20.8. The van der Waals surface area contributed by atoms with Gasteiger partial charge in [-0.25, -0.2) is 9.97 Å². The second kappa shape index (κ2) is 9.54. The van der Waals surface area contributed by atoms with Gasteiger partial charge in [-0.3, -0.25) is 0 Å². The van der Waals surface area contributed by atoms with Crippen LogP contribution in [0.4, 0.5) is 0 Å². The summed E-state index contributed by atoms with van der Waals surface area (Å²) in [5.41, 5.74) is 12.7. The monoisotopic (exact) mass is 475 g/mol. The first-order valence-corrected chi connectivity index (χ1v) is 11.7. The number of aromatic nitrogens is 4. The van der Waals surface area contributed by atoms with Crippen LogP contribution >= 0.6 is 0 Å². The SMILES string of the molecule is CCc1c2nc(c(CC)c3ccc([n-]3)c(CC)c3nc(c(CC)c4ccc1[n-]4)C=C3)C=C2.[Mn+2]. The van der Waals surface area contributed by atoms with E-state index in [9.17, 15) is 0 Å². The molecule has 2 aliphatic heterocycles. The maximum Gasteiger partial charge on any atom is 2.00 e. The fourth-order valence-corrected chi connectivity index (χ4v) is 4.77. The quantitative estimate of drug-likeness (QED) is 0.292. The fraction of sp³-hybridized carbons (Fsp3) is 0.286. The number of fused-ring (bicyclic) bond motifs is 8. The second-order valence-electron chi connectivity index (χ2n) is 8.19. The third-order valence-corrected chi connectivity index (χ3v) is 6.45. The second-order valence-corrected chi connectivity index (χ2v) is 8.19. The predicted octanol–water partition coefficient (Wildman–Crippen LogP) is 6.16. The molecule has 3 aromatic heterocycles. The minimum Gasteiger partial charge on any atom is -0.657 e. The third-order valence-electron chi connectivity index (χ3n) is 6.45. The molecule has 0 aromatic carbocycles. The summed E-state index contributed by atoms with van der Waals surface area (Å²) in [4.78, 5) is 20.1. The van der Waals surface area contributed by atoms with Gasteiger partial charge in [-0.15, -0.1) is 22.1 Å². The van der Waals surface area contributed by atoms with Gasteiger partial charge in [0.15, 0.2) is 0 Å². The van der Waals surface area contributed by atoms with Crippen molar-refractivity contribution in [2.75, 3.05) is 0 Å². The summed E-state index contributed by atoms with van der Waals surface area (Å²) >= 11 is 0. The molecule has 33 heavy (non-hydrogen) atoms. The number of aryl methyl sites for hydroxylation is 4. The Kier molecular flexibility index (Phi) is 6.73. The van der Waals surface area contributed by atoms with Gasteiger partial charge < -0.3 is 9.97 Å². The normalized spacial score (nSPS) is 12.2. The fourth-order valence-electron chi connectivity index (χ4n) is 4.77. The predicted molar refractivity (Wildman–Crippen MR) is 134 cm³/mol. The van der Waals surface area contributed by atoms with Gasteiger partial charge >= 0.3 is 17.1 Å². The molecule has 5 heteroatoms. The van der Waals surface area contributed by atoms with Crippen LogP contribution in [-0.2, 0) is 42.8 Å². The molecule has 5 rings (SSSR count). The van der Waals surface area contributed by atoms with Crippen LogP contribution in [0.3, 0.4) is 0 Å². The van der Waals surface area contributed by atoms with E-state index in [2.05, 4.69) is 76.3 Å². The van der Waals surface area contributed by atoms with Gasteiger partial charge in [-0.1, -0.05) is 52.0 Å². The first-order valence-electron chi connectivity index (χ1n) is 11.7. The number of nitrogens with zero attached hydrogens (tertiary/aromatic N) is 4. The van der Waals surface area contributed by atoms with E-state index < -0.39 is 0 Å². The Bertz CT molecular complexity index is 1210. The zero-order valence-electron chi connectivity index (χ0n) is 19.6. The number of rotatable bonds is 4. The topological polar surface area (TPSA) is 54.0 Å². The van der Waals surface area contributed by atoms with Crippen LogP contribution in [0, 0.1) is 0 Å². The van der Waals surface area contributed by atoms with E-state index in [1.165, 1.54) is 22.3 Å². The summed E-state index contributed by atoms with van der Waals surface area (Å²) in [6.45, 7) is 8.68. The Morgan fingerprint density at radius 2 is 0.727 bits per heavy atom. The average molecular weight is 475 g/mol. The molecule has 8 bridgehead atoms. The summed E-state index contributed by atoms with van der Waals surface area (Å²) in [6, 6.07) is 8.50. The van der Waals surface area contributed by atoms with Crippen molar-refractivity contribution >= 4 is 46.4 Å². The van der Waals surface area contributed by atoms with E-state index in [-0.39, 0.29) is 17.1 Å². The Balaban J connectivity index is 0.00000259. The van der Waals surface area contributed by atoms with E-state index >= 15 is 0 Å². The molecule has 0 amide bonds. The van der Waals surface area contributed by atoms with Crippen LogP contribution in [0.1, 0.15) is 72.7 Å². The Morgan fingerprint density at radius 3 is 0.939 bits per heavy atom. The van der Waals surface area contributed by atoms with Crippen molar-refractivity contribution in [2.45, 2.75) is 53.4 Å². The molecule has 0 spiro atoms. The molecule has 0 atom stereocenters. The van der Waals surface area contributed by atoms with E-state index in [4.69, 9.17) is 19.9 Å². The van der Waals surface area contributed by atoms with E-state index in [0.29, 0.717) is 0 Å². The van der Waals surface area contributed by atoms with Crippen LogP contribution in [-0.4, -0.2) is 9.97 Å². The summed E-state index contributed by atoms with van der Waals surface area (Å²) in [7, 11) is 0. The van der Waals surface area contributed by atoms with Crippen molar-refractivity contribution in [3.8, 4) is 0 Å². The molecule has 1 radical (unpaired) electrons. The minimum atomic E-state index is 0. The minimum absolute atomic E-state index is 0. The van der Waals surface area contributed by atoms with E-state index in [1.54, 1.807) is 0 Å². The van der Waals surface area contributed by atoms with Gasteiger partial charge in [-0.2, -0.15) is 0 Å². The van der Waals surface area contributed by atoms with Crippen molar-refractivity contribution in [3.63, 3.8) is 0 Å². The van der Waals surface area contributed by atoms with Crippen molar-refractivity contribution < 1.29 is 17.1 Å². The van der Waals surface area contributed by atoms with Gasteiger partial charge in [0.2, 0.25) is 0 Å². The molecule has 3 aromatic rings. The standard InChI is InChI=1S/C28H28N4.Mn/c1-5-17-21-9-11-23(29-21)18(6-2)25-13-15-27(31-25)20(8-4)28-16-14-26(32-28)19(7-3)24-12-10-22(17)30-24;/h9-16H,5-8H2,1-4H3;/q-2;+2. The zero-order chi connectivity index (χ0) is 22.2. The average Bonchev–Trinajstić information content (AvgIpc) is 3.59. The molecule has 0 unspecified atom stereocenters. The van der Waals surface area contributed by atoms with Gasteiger partial charge in [0, 0.05) is 0 Å². The molecular formula is C28H28MnN4. The number of hydrogen-bond acceptors (Lipinski definition) is 2. The van der Waals surface area contributed by atoms with E-state index in [0.717, 1.165) is 70.5 Å². The molecule has 2 aliphatic rings. The smallest absolute Gasteiger partial charge is 0.657 e.